The van der Waals surface area contributed by atoms with E-state index in [4.69, 9.17) is 5.73 Å². The fourth-order valence-electron chi connectivity index (χ4n) is 1.82. The van der Waals surface area contributed by atoms with Crippen LogP contribution in [0.25, 0.3) is 0 Å². The summed E-state index contributed by atoms with van der Waals surface area (Å²) in [5.74, 6) is 0.0947. The van der Waals surface area contributed by atoms with Crippen molar-refractivity contribution in [1.82, 2.24) is 9.88 Å². The average molecular weight is 370 g/mol. The molecule has 0 aliphatic heterocycles. The van der Waals surface area contributed by atoms with E-state index in [1.165, 1.54) is 0 Å². The summed E-state index contributed by atoms with van der Waals surface area (Å²) in [5, 5.41) is 3.06. The van der Waals surface area contributed by atoms with Crippen LogP contribution in [-0.4, -0.2) is 35.9 Å². The number of rotatable bonds is 5. The zero-order valence-corrected chi connectivity index (χ0v) is 16.8. The van der Waals surface area contributed by atoms with E-state index in [2.05, 4.69) is 39.6 Å². The van der Waals surface area contributed by atoms with E-state index in [0.29, 0.717) is 19.5 Å². The van der Waals surface area contributed by atoms with Gasteiger partial charge in [-0.05, 0) is 12.0 Å². The lowest BCUT2D eigenvalue weighted by Gasteiger charge is -2.28. The SMILES string of the molecule is CN(CC(C)(C)CN)C(=O)Cc1csc(C(C)(C)C)n1.Cl.Cl. The molecule has 1 amide bonds. The third-order valence-electron chi connectivity index (χ3n) is 3.17. The highest BCUT2D eigenvalue weighted by Gasteiger charge is 2.23. The molecule has 0 aliphatic carbocycles. The Bertz CT molecular complexity index is 470. The lowest BCUT2D eigenvalue weighted by molar-refractivity contribution is -0.130. The summed E-state index contributed by atoms with van der Waals surface area (Å²) < 4.78 is 0. The molecular formula is C15H29Cl2N3OS. The maximum absolute atomic E-state index is 12.2. The second kappa shape index (κ2) is 9.06. The van der Waals surface area contributed by atoms with E-state index >= 15 is 0 Å². The molecule has 1 heterocycles. The molecular weight excluding hydrogens is 341 g/mol. The Morgan fingerprint density at radius 2 is 1.82 bits per heavy atom. The van der Waals surface area contributed by atoms with Crippen LogP contribution in [0.2, 0.25) is 0 Å². The largest absolute Gasteiger partial charge is 0.345 e. The first-order chi connectivity index (χ1) is 9.05. The lowest BCUT2D eigenvalue weighted by Crippen LogP contribution is -2.40. The topological polar surface area (TPSA) is 59.2 Å². The summed E-state index contributed by atoms with van der Waals surface area (Å²) >= 11 is 1.63. The van der Waals surface area contributed by atoms with Crippen molar-refractivity contribution < 1.29 is 4.79 Å². The number of amides is 1. The van der Waals surface area contributed by atoms with Gasteiger partial charge in [0.25, 0.3) is 0 Å². The lowest BCUT2D eigenvalue weighted by atomic mass is 9.93. The number of halogens is 2. The first kappa shape index (κ1) is 23.9. The van der Waals surface area contributed by atoms with Crippen LogP contribution in [-0.2, 0) is 16.6 Å². The highest BCUT2D eigenvalue weighted by atomic mass is 35.5. The Labute approximate surface area is 150 Å². The Balaban J connectivity index is 0. The zero-order valence-electron chi connectivity index (χ0n) is 14.3. The maximum atomic E-state index is 12.2. The molecule has 7 heteroatoms. The number of likely N-dealkylation sites (N-methyl/N-ethyl adjacent to an activating group) is 1. The molecule has 0 unspecified atom stereocenters. The zero-order chi connectivity index (χ0) is 15.6. The molecule has 0 aromatic carbocycles. The molecule has 22 heavy (non-hydrogen) atoms. The second-order valence-corrected chi connectivity index (χ2v) is 8.05. The van der Waals surface area contributed by atoms with Crippen molar-refractivity contribution >= 4 is 42.1 Å². The molecule has 1 rings (SSSR count). The van der Waals surface area contributed by atoms with Crippen LogP contribution in [0.15, 0.2) is 5.38 Å². The minimum Gasteiger partial charge on any atom is -0.345 e. The van der Waals surface area contributed by atoms with Crippen LogP contribution in [0.4, 0.5) is 0 Å². The van der Waals surface area contributed by atoms with Crippen molar-refractivity contribution in [2.75, 3.05) is 20.1 Å². The highest BCUT2D eigenvalue weighted by Crippen LogP contribution is 2.25. The third kappa shape index (κ3) is 7.27. The summed E-state index contributed by atoms with van der Waals surface area (Å²) in [5.41, 5.74) is 6.56. The Morgan fingerprint density at radius 3 is 2.23 bits per heavy atom. The molecule has 0 saturated carbocycles. The van der Waals surface area contributed by atoms with E-state index in [-0.39, 0.29) is 41.6 Å². The number of carbonyl (C=O) groups is 1. The van der Waals surface area contributed by atoms with E-state index in [1.54, 1.807) is 16.2 Å². The van der Waals surface area contributed by atoms with Gasteiger partial charge in [0.05, 0.1) is 17.1 Å². The van der Waals surface area contributed by atoms with Crippen molar-refractivity contribution in [2.45, 2.75) is 46.5 Å². The Hall–Kier alpha value is -0.360. The average Bonchev–Trinajstić information content (AvgIpc) is 2.76. The van der Waals surface area contributed by atoms with Crippen LogP contribution in [0.3, 0.4) is 0 Å². The molecule has 130 valence electrons. The number of hydrogen-bond donors (Lipinski definition) is 1. The first-order valence-corrected chi connectivity index (χ1v) is 7.82. The molecule has 0 radical (unpaired) electrons. The van der Waals surface area contributed by atoms with E-state index < -0.39 is 0 Å². The van der Waals surface area contributed by atoms with E-state index in [1.807, 2.05) is 12.4 Å². The van der Waals surface area contributed by atoms with E-state index in [9.17, 15) is 4.79 Å². The molecule has 0 aliphatic rings. The van der Waals surface area contributed by atoms with Gasteiger partial charge in [-0.25, -0.2) is 4.98 Å². The van der Waals surface area contributed by atoms with E-state index in [0.717, 1.165) is 10.7 Å². The Kier molecular flexibility index (Phi) is 9.84. The fraction of sp³-hybridized carbons (Fsp3) is 0.733. The predicted octanol–water partition coefficient (Wildman–Crippen LogP) is 3.27. The minimum absolute atomic E-state index is 0. The number of carbonyl (C=O) groups excluding carboxylic acids is 1. The highest BCUT2D eigenvalue weighted by molar-refractivity contribution is 7.09. The van der Waals surface area contributed by atoms with Gasteiger partial charge in [-0.15, -0.1) is 36.2 Å². The van der Waals surface area contributed by atoms with Gasteiger partial charge in [0.1, 0.15) is 0 Å². The minimum atomic E-state index is -0.0525. The van der Waals surface area contributed by atoms with Gasteiger partial charge in [0, 0.05) is 24.4 Å². The van der Waals surface area contributed by atoms with Crippen LogP contribution in [0.1, 0.15) is 45.3 Å². The number of hydrogen-bond acceptors (Lipinski definition) is 4. The van der Waals surface area contributed by atoms with Crippen LogP contribution >= 0.6 is 36.2 Å². The van der Waals surface area contributed by atoms with Gasteiger partial charge in [0.2, 0.25) is 5.91 Å². The van der Waals surface area contributed by atoms with Crippen LogP contribution in [0, 0.1) is 5.41 Å². The molecule has 0 fully saturated rings. The summed E-state index contributed by atoms with van der Waals surface area (Å²) in [7, 11) is 1.83. The smallest absolute Gasteiger partial charge is 0.228 e. The molecule has 0 spiro atoms. The first-order valence-electron chi connectivity index (χ1n) is 6.94. The number of aromatic nitrogens is 1. The van der Waals surface area contributed by atoms with Crippen molar-refractivity contribution in [2.24, 2.45) is 11.1 Å². The van der Waals surface area contributed by atoms with Gasteiger partial charge in [-0.2, -0.15) is 0 Å². The van der Waals surface area contributed by atoms with Gasteiger partial charge in [-0.3, -0.25) is 4.79 Å². The monoisotopic (exact) mass is 369 g/mol. The molecule has 0 saturated heterocycles. The van der Waals surface area contributed by atoms with Gasteiger partial charge >= 0.3 is 0 Å². The normalized spacial score (nSPS) is 11.4. The van der Waals surface area contributed by atoms with Crippen molar-refractivity contribution in [3.05, 3.63) is 16.1 Å². The summed E-state index contributed by atoms with van der Waals surface area (Å²) in [6.45, 7) is 11.8. The van der Waals surface area contributed by atoms with Crippen LogP contribution < -0.4 is 5.73 Å². The van der Waals surface area contributed by atoms with Crippen molar-refractivity contribution in [1.29, 1.82) is 0 Å². The van der Waals surface area contributed by atoms with Crippen molar-refractivity contribution in [3.8, 4) is 0 Å². The number of thiazole rings is 1. The number of nitrogens with zero attached hydrogens (tertiary/aromatic N) is 2. The molecule has 1 aromatic rings. The van der Waals surface area contributed by atoms with Crippen molar-refractivity contribution in [3.63, 3.8) is 0 Å². The Morgan fingerprint density at radius 1 is 1.27 bits per heavy atom. The number of nitrogens with two attached hydrogens (primary N) is 1. The van der Waals surface area contributed by atoms with Crippen LogP contribution in [0.5, 0.6) is 0 Å². The standard InChI is InChI=1S/C15H27N3OS.2ClH/c1-14(2,3)13-17-11(8-20-13)7-12(19)18(6)10-15(4,5)9-16;;/h8H,7,9-10,16H2,1-6H3;2*1H. The predicted molar refractivity (Wildman–Crippen MR) is 99.5 cm³/mol. The van der Waals surface area contributed by atoms with Gasteiger partial charge < -0.3 is 10.6 Å². The molecule has 0 atom stereocenters. The molecule has 1 aromatic heterocycles. The second-order valence-electron chi connectivity index (χ2n) is 7.19. The molecule has 0 bridgehead atoms. The maximum Gasteiger partial charge on any atom is 0.228 e. The third-order valence-corrected chi connectivity index (χ3v) is 4.49. The molecule has 2 N–H and O–H groups in total. The fourth-order valence-corrected chi connectivity index (χ4v) is 2.72. The quantitative estimate of drug-likeness (QED) is 0.865. The van der Waals surface area contributed by atoms with Gasteiger partial charge in [-0.1, -0.05) is 34.6 Å². The summed E-state index contributed by atoms with van der Waals surface area (Å²) in [6.07, 6.45) is 0.365. The van der Waals surface area contributed by atoms with Gasteiger partial charge in [0.15, 0.2) is 0 Å². The molecule has 4 nitrogen and oxygen atoms in total. The summed E-state index contributed by atoms with van der Waals surface area (Å²) in [4.78, 5) is 18.5. The summed E-state index contributed by atoms with van der Waals surface area (Å²) in [6, 6.07) is 0.